The maximum Gasteiger partial charge on any atom is 0.253 e. The van der Waals surface area contributed by atoms with E-state index in [0.717, 1.165) is 5.56 Å². The SMILES string of the molecule is Cc1cc(=O)[nH]cc1C(=O)N[C@@H](c1ccccc1)[C@H](O)c1ccccc1. The largest absolute Gasteiger partial charge is 0.386 e. The highest BCUT2D eigenvalue weighted by atomic mass is 16.3. The second-order valence-electron chi connectivity index (χ2n) is 6.11. The third kappa shape index (κ3) is 3.90. The predicted molar refractivity (Wildman–Crippen MR) is 99.9 cm³/mol. The molecule has 0 spiro atoms. The minimum atomic E-state index is -0.911. The summed E-state index contributed by atoms with van der Waals surface area (Å²) in [4.78, 5) is 26.6. The van der Waals surface area contributed by atoms with E-state index in [-0.39, 0.29) is 11.5 Å². The molecular weight excluding hydrogens is 328 g/mol. The number of carbonyl (C=O) groups is 1. The molecule has 5 nitrogen and oxygen atoms in total. The normalized spacial score (nSPS) is 13.0. The number of aromatic amines is 1. The lowest BCUT2D eigenvalue weighted by Gasteiger charge is -2.25. The van der Waals surface area contributed by atoms with Gasteiger partial charge >= 0.3 is 0 Å². The molecule has 0 fully saturated rings. The number of carbonyl (C=O) groups excluding carboxylic acids is 1. The molecule has 0 bridgehead atoms. The lowest BCUT2D eigenvalue weighted by atomic mass is 9.95. The summed E-state index contributed by atoms with van der Waals surface area (Å²) >= 11 is 0. The molecule has 1 amide bonds. The predicted octanol–water partition coefficient (Wildman–Crippen LogP) is 2.89. The van der Waals surface area contributed by atoms with E-state index >= 15 is 0 Å². The van der Waals surface area contributed by atoms with Gasteiger partial charge in [-0.15, -0.1) is 0 Å². The number of benzene rings is 2. The monoisotopic (exact) mass is 348 g/mol. The molecule has 0 aliphatic heterocycles. The summed E-state index contributed by atoms with van der Waals surface area (Å²) in [6.45, 7) is 1.70. The molecule has 3 N–H and O–H groups in total. The first-order valence-corrected chi connectivity index (χ1v) is 8.34. The van der Waals surface area contributed by atoms with Crippen LogP contribution in [0.25, 0.3) is 0 Å². The van der Waals surface area contributed by atoms with Crippen LogP contribution in [0.4, 0.5) is 0 Å². The lowest BCUT2D eigenvalue weighted by molar-refractivity contribution is 0.0830. The standard InChI is InChI=1S/C21H20N2O3/c1-14-12-18(24)22-13-17(14)21(26)23-19(15-8-4-2-5-9-15)20(25)16-10-6-3-7-11-16/h2-13,19-20,25H,1H3,(H,22,24)(H,23,26)/t19-,20+/m0/s1. The van der Waals surface area contributed by atoms with Crippen LogP contribution in [0, 0.1) is 6.92 Å². The Labute approximate surface area is 151 Å². The van der Waals surface area contributed by atoms with Crippen LogP contribution in [0.1, 0.15) is 39.2 Å². The number of aliphatic hydroxyl groups is 1. The van der Waals surface area contributed by atoms with Crippen LogP contribution in [-0.2, 0) is 0 Å². The Morgan fingerprint density at radius 1 is 1.00 bits per heavy atom. The van der Waals surface area contributed by atoms with Gasteiger partial charge in [0.1, 0.15) is 6.10 Å². The van der Waals surface area contributed by atoms with Crippen LogP contribution in [-0.4, -0.2) is 16.0 Å². The van der Waals surface area contributed by atoms with E-state index in [2.05, 4.69) is 10.3 Å². The average Bonchev–Trinajstić information content (AvgIpc) is 2.67. The third-order valence-corrected chi connectivity index (χ3v) is 4.28. The quantitative estimate of drug-likeness (QED) is 0.663. The maximum absolute atomic E-state index is 12.8. The molecule has 0 unspecified atom stereocenters. The van der Waals surface area contributed by atoms with E-state index in [0.29, 0.717) is 16.7 Å². The number of nitrogens with one attached hydrogen (secondary N) is 2. The van der Waals surface area contributed by atoms with Crippen molar-refractivity contribution in [2.45, 2.75) is 19.1 Å². The van der Waals surface area contributed by atoms with Crippen molar-refractivity contribution >= 4 is 5.91 Å². The molecule has 0 aliphatic rings. The minimum absolute atomic E-state index is 0.261. The van der Waals surface area contributed by atoms with Gasteiger partial charge in [0, 0.05) is 12.3 Å². The summed E-state index contributed by atoms with van der Waals surface area (Å²) in [6.07, 6.45) is 0.481. The number of aryl methyl sites for hydroxylation is 1. The first kappa shape index (κ1) is 17.6. The summed E-state index contributed by atoms with van der Waals surface area (Å²) in [5.41, 5.74) is 2.18. The summed E-state index contributed by atoms with van der Waals surface area (Å²) in [6, 6.07) is 19.2. The molecule has 0 aliphatic carbocycles. The molecule has 26 heavy (non-hydrogen) atoms. The molecule has 2 atom stereocenters. The Kier molecular flexibility index (Phi) is 5.29. The average molecular weight is 348 g/mol. The molecule has 5 heteroatoms. The number of aromatic nitrogens is 1. The summed E-state index contributed by atoms with van der Waals surface area (Å²) in [5, 5.41) is 13.8. The van der Waals surface area contributed by atoms with Crippen molar-refractivity contribution in [2.75, 3.05) is 0 Å². The van der Waals surface area contributed by atoms with Crippen LogP contribution in [0.15, 0.2) is 77.7 Å². The van der Waals surface area contributed by atoms with Gasteiger partial charge < -0.3 is 15.4 Å². The van der Waals surface area contributed by atoms with E-state index in [1.807, 2.05) is 60.7 Å². The Bertz CT molecular complexity index is 936. The molecule has 3 rings (SSSR count). The minimum Gasteiger partial charge on any atom is -0.386 e. The van der Waals surface area contributed by atoms with Crippen LogP contribution in [0.2, 0.25) is 0 Å². The van der Waals surface area contributed by atoms with Crippen molar-refractivity contribution < 1.29 is 9.90 Å². The summed E-state index contributed by atoms with van der Waals surface area (Å²) < 4.78 is 0. The molecule has 3 aromatic rings. The number of H-pyrrole nitrogens is 1. The van der Waals surface area contributed by atoms with E-state index < -0.39 is 12.1 Å². The van der Waals surface area contributed by atoms with Crippen molar-refractivity contribution in [3.05, 3.63) is 106 Å². The topological polar surface area (TPSA) is 82.2 Å². The molecule has 2 aromatic carbocycles. The number of hydrogen-bond donors (Lipinski definition) is 3. The van der Waals surface area contributed by atoms with Crippen molar-refractivity contribution in [3.8, 4) is 0 Å². The van der Waals surface area contributed by atoms with Gasteiger partial charge in [0.05, 0.1) is 11.6 Å². The van der Waals surface area contributed by atoms with Crippen molar-refractivity contribution in [3.63, 3.8) is 0 Å². The van der Waals surface area contributed by atoms with Crippen LogP contribution < -0.4 is 10.9 Å². The fraction of sp³-hybridized carbons (Fsp3) is 0.143. The van der Waals surface area contributed by atoms with Gasteiger partial charge in [-0.1, -0.05) is 60.7 Å². The van der Waals surface area contributed by atoms with Crippen LogP contribution >= 0.6 is 0 Å². The summed E-state index contributed by atoms with van der Waals surface area (Å²) in [7, 11) is 0. The highest BCUT2D eigenvalue weighted by Crippen LogP contribution is 2.29. The van der Waals surface area contributed by atoms with Gasteiger partial charge in [-0.3, -0.25) is 9.59 Å². The van der Waals surface area contributed by atoms with Gasteiger partial charge in [0.15, 0.2) is 0 Å². The number of rotatable bonds is 5. The van der Waals surface area contributed by atoms with Crippen molar-refractivity contribution in [2.24, 2.45) is 0 Å². The zero-order chi connectivity index (χ0) is 18.5. The van der Waals surface area contributed by atoms with Gasteiger partial charge in [-0.05, 0) is 23.6 Å². The first-order valence-electron chi connectivity index (χ1n) is 8.34. The highest BCUT2D eigenvalue weighted by molar-refractivity contribution is 5.95. The second-order valence-corrected chi connectivity index (χ2v) is 6.11. The molecule has 0 saturated carbocycles. The fourth-order valence-corrected chi connectivity index (χ4v) is 2.88. The number of amides is 1. The molecule has 1 heterocycles. The molecule has 1 aromatic heterocycles. The Hall–Kier alpha value is -3.18. The van der Waals surface area contributed by atoms with E-state index in [1.165, 1.54) is 12.3 Å². The number of hydrogen-bond acceptors (Lipinski definition) is 3. The fourth-order valence-electron chi connectivity index (χ4n) is 2.88. The first-order chi connectivity index (χ1) is 12.6. The second kappa shape index (κ2) is 7.80. The van der Waals surface area contributed by atoms with E-state index in [4.69, 9.17) is 0 Å². The smallest absolute Gasteiger partial charge is 0.253 e. The zero-order valence-corrected chi connectivity index (χ0v) is 14.3. The molecule has 0 radical (unpaired) electrons. The molecule has 0 saturated heterocycles. The lowest BCUT2D eigenvalue weighted by Crippen LogP contribution is -2.33. The Balaban J connectivity index is 1.93. The van der Waals surface area contributed by atoms with E-state index in [1.54, 1.807) is 6.92 Å². The third-order valence-electron chi connectivity index (χ3n) is 4.28. The van der Waals surface area contributed by atoms with Gasteiger partial charge in [-0.2, -0.15) is 0 Å². The van der Waals surface area contributed by atoms with Gasteiger partial charge in [-0.25, -0.2) is 0 Å². The van der Waals surface area contributed by atoms with Gasteiger partial charge in [0.25, 0.3) is 5.91 Å². The highest BCUT2D eigenvalue weighted by Gasteiger charge is 2.25. The molecule has 132 valence electrons. The Morgan fingerprint density at radius 3 is 2.15 bits per heavy atom. The van der Waals surface area contributed by atoms with Crippen LogP contribution in [0.5, 0.6) is 0 Å². The summed E-state index contributed by atoms with van der Waals surface area (Å²) in [5.74, 6) is -0.359. The maximum atomic E-state index is 12.8. The van der Waals surface area contributed by atoms with E-state index in [9.17, 15) is 14.7 Å². The molecular formula is C21H20N2O3. The number of pyridine rings is 1. The Morgan fingerprint density at radius 2 is 1.58 bits per heavy atom. The van der Waals surface area contributed by atoms with Gasteiger partial charge in [0.2, 0.25) is 5.56 Å². The van der Waals surface area contributed by atoms with Crippen molar-refractivity contribution in [1.29, 1.82) is 0 Å². The zero-order valence-electron chi connectivity index (χ0n) is 14.3. The van der Waals surface area contributed by atoms with Crippen LogP contribution in [0.3, 0.4) is 0 Å². The van der Waals surface area contributed by atoms with Crippen molar-refractivity contribution in [1.82, 2.24) is 10.3 Å². The number of aliphatic hydroxyl groups excluding tert-OH is 1.